The van der Waals surface area contributed by atoms with Crippen molar-refractivity contribution in [3.63, 3.8) is 0 Å². The van der Waals surface area contributed by atoms with Gasteiger partial charge < -0.3 is 19.7 Å². The molecule has 1 aliphatic heterocycles. The van der Waals surface area contributed by atoms with E-state index < -0.39 is 0 Å². The number of aromatic nitrogens is 4. The minimum atomic E-state index is -0.0736. The maximum absolute atomic E-state index is 12.4. The minimum absolute atomic E-state index is 0.0736. The maximum Gasteiger partial charge on any atom is 0.239 e. The molecule has 30 heavy (non-hydrogen) atoms. The normalized spacial score (nSPS) is 12.5. The Morgan fingerprint density at radius 1 is 1.20 bits per heavy atom. The lowest BCUT2D eigenvalue weighted by molar-refractivity contribution is -0.119. The lowest BCUT2D eigenvalue weighted by atomic mass is 10.1. The van der Waals surface area contributed by atoms with Crippen molar-refractivity contribution in [1.29, 1.82) is 0 Å². The molecule has 0 radical (unpaired) electrons. The molecule has 3 aromatic rings. The van der Waals surface area contributed by atoms with Crippen LogP contribution in [0.15, 0.2) is 43.0 Å². The molecule has 0 bridgehead atoms. The van der Waals surface area contributed by atoms with Crippen molar-refractivity contribution in [2.45, 2.75) is 13.3 Å². The second kappa shape index (κ2) is 8.81. The van der Waals surface area contributed by atoms with Crippen LogP contribution >= 0.6 is 0 Å². The van der Waals surface area contributed by atoms with E-state index >= 15 is 0 Å². The van der Waals surface area contributed by atoms with Gasteiger partial charge in [0.05, 0.1) is 6.54 Å². The second-order valence-corrected chi connectivity index (χ2v) is 7.07. The van der Waals surface area contributed by atoms with E-state index in [0.29, 0.717) is 37.9 Å². The van der Waals surface area contributed by atoms with Crippen LogP contribution in [-0.2, 0) is 11.2 Å². The average molecular weight is 408 g/mol. The highest BCUT2D eigenvalue weighted by atomic mass is 16.6. The topological polar surface area (TPSA) is 94.4 Å². The number of nitrogens with zero attached hydrogens (tertiary/aromatic N) is 5. The Morgan fingerprint density at radius 3 is 2.83 bits per heavy atom. The van der Waals surface area contributed by atoms with Gasteiger partial charge in [0.2, 0.25) is 11.9 Å². The molecular formula is C21H24N6O3. The van der Waals surface area contributed by atoms with Gasteiger partial charge in [0.25, 0.3) is 0 Å². The first-order valence-corrected chi connectivity index (χ1v) is 9.79. The van der Waals surface area contributed by atoms with Crippen LogP contribution in [0.2, 0.25) is 0 Å². The van der Waals surface area contributed by atoms with Crippen molar-refractivity contribution in [1.82, 2.24) is 24.8 Å². The largest absolute Gasteiger partial charge is 0.486 e. The molecule has 1 N–H and O–H groups in total. The van der Waals surface area contributed by atoms with Crippen LogP contribution in [0.25, 0.3) is 5.95 Å². The summed E-state index contributed by atoms with van der Waals surface area (Å²) in [4.78, 5) is 27.2. The predicted octanol–water partition coefficient (Wildman–Crippen LogP) is 1.54. The Hall–Kier alpha value is -3.62. The summed E-state index contributed by atoms with van der Waals surface area (Å²) >= 11 is 0. The zero-order valence-electron chi connectivity index (χ0n) is 17.0. The number of aryl methyl sites for hydroxylation is 1. The van der Waals surface area contributed by atoms with Gasteiger partial charge in [-0.1, -0.05) is 6.07 Å². The Kier molecular flexibility index (Phi) is 5.78. The molecule has 156 valence electrons. The quantitative estimate of drug-likeness (QED) is 0.634. The standard InChI is InChI=1S/C21H24N6O3/c1-15-11-19(25-21(24-15)27-8-7-22-14-27)26(2)13-20(28)23-6-5-16-3-4-17-18(12-16)30-10-9-29-17/h3-4,7-8,11-12,14H,5-6,9-10,13H2,1-2H3,(H,23,28). The van der Waals surface area contributed by atoms with E-state index in [2.05, 4.69) is 20.3 Å². The van der Waals surface area contributed by atoms with Crippen LogP contribution in [0.5, 0.6) is 11.5 Å². The Balaban J connectivity index is 1.31. The molecule has 0 unspecified atom stereocenters. The van der Waals surface area contributed by atoms with Crippen LogP contribution < -0.4 is 19.7 Å². The number of nitrogens with one attached hydrogen (secondary N) is 1. The SMILES string of the molecule is Cc1cc(N(C)CC(=O)NCCc2ccc3c(c2)OCCO3)nc(-n2ccnc2)n1. The first-order chi connectivity index (χ1) is 14.6. The third-order valence-electron chi connectivity index (χ3n) is 4.68. The van der Waals surface area contributed by atoms with Crippen LogP contribution in [0.3, 0.4) is 0 Å². The smallest absolute Gasteiger partial charge is 0.239 e. The summed E-state index contributed by atoms with van der Waals surface area (Å²) in [5.41, 5.74) is 1.90. The van der Waals surface area contributed by atoms with Crippen molar-refractivity contribution in [2.24, 2.45) is 0 Å². The lowest BCUT2D eigenvalue weighted by Gasteiger charge is -2.19. The van der Waals surface area contributed by atoms with Crippen LogP contribution in [0, 0.1) is 6.92 Å². The number of hydrogen-bond acceptors (Lipinski definition) is 7. The minimum Gasteiger partial charge on any atom is -0.486 e. The number of rotatable bonds is 7. The van der Waals surface area contributed by atoms with Gasteiger partial charge in [-0.25, -0.2) is 9.97 Å². The number of fused-ring (bicyclic) bond motifs is 1. The fraction of sp³-hybridized carbons (Fsp3) is 0.333. The first-order valence-electron chi connectivity index (χ1n) is 9.79. The van der Waals surface area contributed by atoms with E-state index in [0.717, 1.165) is 22.8 Å². The van der Waals surface area contributed by atoms with E-state index in [1.165, 1.54) is 0 Å². The third-order valence-corrected chi connectivity index (χ3v) is 4.68. The number of amides is 1. The number of ether oxygens (including phenoxy) is 2. The van der Waals surface area contributed by atoms with Crippen LogP contribution in [0.4, 0.5) is 5.82 Å². The fourth-order valence-corrected chi connectivity index (χ4v) is 3.17. The summed E-state index contributed by atoms with van der Waals surface area (Å²) in [6, 6.07) is 7.72. The summed E-state index contributed by atoms with van der Waals surface area (Å²) in [5, 5.41) is 2.96. The summed E-state index contributed by atoms with van der Waals surface area (Å²) in [6.45, 7) is 3.76. The van der Waals surface area contributed by atoms with Gasteiger partial charge >= 0.3 is 0 Å². The van der Waals surface area contributed by atoms with Crippen LogP contribution in [-0.4, -0.2) is 58.8 Å². The van der Waals surface area contributed by atoms with E-state index in [1.807, 2.05) is 38.2 Å². The molecule has 9 nitrogen and oxygen atoms in total. The van der Waals surface area contributed by atoms with E-state index in [4.69, 9.17) is 9.47 Å². The molecule has 1 amide bonds. The van der Waals surface area contributed by atoms with Crippen molar-refractivity contribution in [3.05, 3.63) is 54.2 Å². The number of likely N-dealkylation sites (N-methyl/N-ethyl adjacent to an activating group) is 1. The number of carbonyl (C=O) groups excluding carboxylic acids is 1. The highest BCUT2D eigenvalue weighted by Crippen LogP contribution is 2.30. The van der Waals surface area contributed by atoms with Crippen molar-refractivity contribution < 1.29 is 14.3 Å². The molecule has 1 aliphatic rings. The molecule has 0 spiro atoms. The van der Waals surface area contributed by atoms with E-state index in [-0.39, 0.29) is 12.5 Å². The maximum atomic E-state index is 12.4. The molecule has 0 saturated carbocycles. The molecule has 0 fully saturated rings. The number of carbonyl (C=O) groups is 1. The first kappa shape index (κ1) is 19.7. The van der Waals surface area contributed by atoms with Crippen molar-refractivity contribution in [3.8, 4) is 17.4 Å². The van der Waals surface area contributed by atoms with Gasteiger partial charge in [0.15, 0.2) is 11.5 Å². The summed E-state index contributed by atoms with van der Waals surface area (Å²) in [6.07, 6.45) is 5.81. The Bertz CT molecular complexity index is 1020. The lowest BCUT2D eigenvalue weighted by Crippen LogP contribution is -2.36. The van der Waals surface area contributed by atoms with Gasteiger partial charge in [-0.3, -0.25) is 9.36 Å². The second-order valence-electron chi connectivity index (χ2n) is 7.07. The predicted molar refractivity (Wildman–Crippen MR) is 111 cm³/mol. The molecule has 0 saturated heterocycles. The van der Waals surface area contributed by atoms with Crippen molar-refractivity contribution >= 4 is 11.7 Å². The Labute approximate surface area is 174 Å². The van der Waals surface area contributed by atoms with Gasteiger partial charge in [-0.05, 0) is 31.0 Å². The molecule has 3 heterocycles. The molecule has 9 heteroatoms. The van der Waals surface area contributed by atoms with Crippen molar-refractivity contribution in [2.75, 3.05) is 38.3 Å². The van der Waals surface area contributed by atoms with E-state index in [1.54, 1.807) is 28.2 Å². The van der Waals surface area contributed by atoms with E-state index in [9.17, 15) is 4.79 Å². The molecule has 0 aliphatic carbocycles. The highest BCUT2D eigenvalue weighted by molar-refractivity contribution is 5.80. The van der Waals surface area contributed by atoms with Gasteiger partial charge in [0, 0.05) is 37.7 Å². The monoisotopic (exact) mass is 408 g/mol. The Morgan fingerprint density at radius 2 is 2.03 bits per heavy atom. The van der Waals surface area contributed by atoms with Crippen LogP contribution in [0.1, 0.15) is 11.3 Å². The molecular weight excluding hydrogens is 384 g/mol. The number of imidazole rings is 1. The fourth-order valence-electron chi connectivity index (χ4n) is 3.17. The highest BCUT2D eigenvalue weighted by Gasteiger charge is 2.13. The average Bonchev–Trinajstić information content (AvgIpc) is 3.28. The zero-order chi connectivity index (χ0) is 20.9. The summed E-state index contributed by atoms with van der Waals surface area (Å²) < 4.78 is 12.9. The number of hydrogen-bond donors (Lipinski definition) is 1. The molecule has 4 rings (SSSR count). The van der Waals surface area contributed by atoms with Gasteiger partial charge in [-0.15, -0.1) is 0 Å². The molecule has 1 aromatic carbocycles. The third kappa shape index (κ3) is 4.68. The summed E-state index contributed by atoms with van der Waals surface area (Å²) in [7, 11) is 1.83. The zero-order valence-corrected chi connectivity index (χ0v) is 17.0. The molecule has 2 aromatic heterocycles. The van der Waals surface area contributed by atoms with Gasteiger partial charge in [0.1, 0.15) is 25.4 Å². The summed E-state index contributed by atoms with van der Waals surface area (Å²) in [5.74, 6) is 2.65. The van der Waals surface area contributed by atoms with Gasteiger partial charge in [-0.2, -0.15) is 4.98 Å². The number of anilines is 1. The number of benzene rings is 1. The molecule has 0 atom stereocenters.